The summed E-state index contributed by atoms with van der Waals surface area (Å²) >= 11 is 3.41. The highest BCUT2D eigenvalue weighted by Gasteiger charge is 2.12. The number of aromatic nitrogens is 2. The molecule has 1 aromatic heterocycles. The molecule has 25 heavy (non-hydrogen) atoms. The number of hydrogen-bond donors (Lipinski definition) is 2. The summed E-state index contributed by atoms with van der Waals surface area (Å²) in [7, 11) is 0. The van der Waals surface area contributed by atoms with E-state index in [1.165, 1.54) is 0 Å². The monoisotopic (exact) mass is 396 g/mol. The van der Waals surface area contributed by atoms with Crippen molar-refractivity contribution in [1.29, 1.82) is 0 Å². The van der Waals surface area contributed by atoms with Gasteiger partial charge in [0.1, 0.15) is 5.69 Å². The molecule has 0 fully saturated rings. The van der Waals surface area contributed by atoms with Crippen molar-refractivity contribution in [1.82, 2.24) is 9.97 Å². The molecule has 0 aliphatic rings. The van der Waals surface area contributed by atoms with Crippen LogP contribution in [-0.4, -0.2) is 15.9 Å². The van der Waals surface area contributed by atoms with Gasteiger partial charge in [0.2, 0.25) is 5.95 Å². The van der Waals surface area contributed by atoms with E-state index in [9.17, 15) is 4.79 Å². The van der Waals surface area contributed by atoms with Crippen molar-refractivity contribution >= 4 is 33.5 Å². The number of anilines is 2. The number of rotatable bonds is 5. The first-order valence-corrected chi connectivity index (χ1v) is 8.63. The summed E-state index contributed by atoms with van der Waals surface area (Å²) in [5.74, 6) is 0.126. The van der Waals surface area contributed by atoms with Crippen molar-refractivity contribution < 1.29 is 4.79 Å². The van der Waals surface area contributed by atoms with Crippen molar-refractivity contribution in [3.05, 3.63) is 82.6 Å². The summed E-state index contributed by atoms with van der Waals surface area (Å²) in [6, 6.07) is 19.0. The second-order valence-electron chi connectivity index (χ2n) is 5.48. The number of benzene rings is 2. The van der Waals surface area contributed by atoms with Crippen molar-refractivity contribution in [2.45, 2.75) is 13.0 Å². The van der Waals surface area contributed by atoms with E-state index in [1.807, 2.05) is 61.5 Å². The van der Waals surface area contributed by atoms with E-state index in [4.69, 9.17) is 0 Å². The van der Waals surface area contributed by atoms with Crippen LogP contribution >= 0.6 is 15.9 Å². The highest BCUT2D eigenvalue weighted by molar-refractivity contribution is 9.10. The maximum Gasteiger partial charge on any atom is 0.274 e. The minimum absolute atomic E-state index is 0.0304. The Labute approximate surface area is 154 Å². The predicted molar refractivity (Wildman–Crippen MR) is 103 cm³/mol. The average Bonchev–Trinajstić information content (AvgIpc) is 2.64. The Kier molecular flexibility index (Phi) is 5.40. The highest BCUT2D eigenvalue weighted by atomic mass is 79.9. The van der Waals surface area contributed by atoms with Crippen molar-refractivity contribution in [3.8, 4) is 0 Å². The standard InChI is InChI=1S/C19H17BrN4O/c1-13(14-7-3-2-4-8-14)22-19-21-12-11-17(24-19)18(25)23-16-10-6-5-9-15(16)20/h2-13H,1H3,(H,23,25)(H,21,22,24). The van der Waals surface area contributed by atoms with Gasteiger partial charge in [-0.05, 0) is 46.6 Å². The molecular weight excluding hydrogens is 380 g/mol. The van der Waals surface area contributed by atoms with Gasteiger partial charge in [0.05, 0.1) is 11.7 Å². The molecule has 3 aromatic rings. The normalized spacial score (nSPS) is 11.6. The van der Waals surface area contributed by atoms with Gasteiger partial charge in [0.25, 0.3) is 5.91 Å². The van der Waals surface area contributed by atoms with Gasteiger partial charge in [-0.1, -0.05) is 42.5 Å². The molecule has 0 radical (unpaired) electrons. The molecule has 0 bridgehead atoms. The second kappa shape index (κ2) is 7.90. The average molecular weight is 397 g/mol. The minimum Gasteiger partial charge on any atom is -0.348 e. The Balaban J connectivity index is 1.73. The van der Waals surface area contributed by atoms with E-state index in [-0.39, 0.29) is 11.9 Å². The van der Waals surface area contributed by atoms with Crippen LogP contribution < -0.4 is 10.6 Å². The molecule has 2 N–H and O–H groups in total. The molecule has 0 spiro atoms. The van der Waals surface area contributed by atoms with Crippen LogP contribution in [0.15, 0.2) is 71.3 Å². The van der Waals surface area contributed by atoms with Crippen LogP contribution in [0, 0.1) is 0 Å². The molecule has 1 atom stereocenters. The topological polar surface area (TPSA) is 66.9 Å². The zero-order valence-electron chi connectivity index (χ0n) is 13.6. The van der Waals surface area contributed by atoms with Gasteiger partial charge < -0.3 is 10.6 Å². The fourth-order valence-electron chi connectivity index (χ4n) is 2.32. The molecule has 1 heterocycles. The van der Waals surface area contributed by atoms with E-state index in [0.717, 1.165) is 10.0 Å². The molecular formula is C19H17BrN4O. The van der Waals surface area contributed by atoms with E-state index in [0.29, 0.717) is 17.3 Å². The third kappa shape index (κ3) is 4.42. The smallest absolute Gasteiger partial charge is 0.274 e. The van der Waals surface area contributed by atoms with Crippen molar-refractivity contribution in [2.24, 2.45) is 0 Å². The van der Waals surface area contributed by atoms with Crippen LogP contribution in [0.3, 0.4) is 0 Å². The van der Waals surface area contributed by atoms with Gasteiger partial charge in [0, 0.05) is 10.7 Å². The predicted octanol–water partition coefficient (Wildman–Crippen LogP) is 4.66. The van der Waals surface area contributed by atoms with Gasteiger partial charge >= 0.3 is 0 Å². The lowest BCUT2D eigenvalue weighted by atomic mass is 10.1. The van der Waals surface area contributed by atoms with E-state index >= 15 is 0 Å². The summed E-state index contributed by atoms with van der Waals surface area (Å²) in [4.78, 5) is 20.9. The lowest BCUT2D eigenvalue weighted by Gasteiger charge is -2.14. The summed E-state index contributed by atoms with van der Waals surface area (Å²) in [5.41, 5.74) is 2.11. The lowest BCUT2D eigenvalue weighted by Crippen LogP contribution is -2.16. The van der Waals surface area contributed by atoms with E-state index in [2.05, 4.69) is 36.5 Å². The Morgan fingerprint density at radius 3 is 2.52 bits per heavy atom. The largest absolute Gasteiger partial charge is 0.348 e. The van der Waals surface area contributed by atoms with Gasteiger partial charge in [-0.15, -0.1) is 0 Å². The molecule has 1 unspecified atom stereocenters. The lowest BCUT2D eigenvalue weighted by molar-refractivity contribution is 0.102. The van der Waals surface area contributed by atoms with E-state index in [1.54, 1.807) is 12.3 Å². The Hall–Kier alpha value is -2.73. The summed E-state index contributed by atoms with van der Waals surface area (Å²) in [5, 5.41) is 6.05. The maximum absolute atomic E-state index is 12.4. The van der Waals surface area contributed by atoms with Crippen LogP contribution in [0.25, 0.3) is 0 Å². The number of carbonyl (C=O) groups is 1. The number of amides is 1. The molecule has 0 aliphatic carbocycles. The molecule has 0 saturated carbocycles. The third-order valence-electron chi connectivity index (χ3n) is 3.66. The maximum atomic E-state index is 12.4. The molecule has 3 rings (SSSR count). The van der Waals surface area contributed by atoms with Gasteiger partial charge in [-0.25, -0.2) is 9.97 Å². The van der Waals surface area contributed by atoms with Crippen molar-refractivity contribution in [3.63, 3.8) is 0 Å². The first-order chi connectivity index (χ1) is 12.1. The Morgan fingerprint density at radius 1 is 1.04 bits per heavy atom. The number of nitrogens with zero attached hydrogens (tertiary/aromatic N) is 2. The minimum atomic E-state index is -0.287. The first kappa shape index (κ1) is 17.1. The van der Waals surface area contributed by atoms with Crippen LogP contribution in [0.5, 0.6) is 0 Å². The van der Waals surface area contributed by atoms with Gasteiger partial charge in [-0.2, -0.15) is 0 Å². The fraction of sp³-hybridized carbons (Fsp3) is 0.105. The number of para-hydroxylation sites is 1. The number of halogens is 1. The van der Waals surface area contributed by atoms with Crippen LogP contribution in [0.4, 0.5) is 11.6 Å². The molecule has 1 amide bonds. The summed E-state index contributed by atoms with van der Waals surface area (Å²) in [6.45, 7) is 2.02. The van der Waals surface area contributed by atoms with Crippen LogP contribution in [0.1, 0.15) is 29.0 Å². The van der Waals surface area contributed by atoms with Gasteiger partial charge in [-0.3, -0.25) is 4.79 Å². The SMILES string of the molecule is CC(Nc1nccc(C(=O)Nc2ccccc2Br)n1)c1ccccc1. The van der Waals surface area contributed by atoms with Gasteiger partial charge in [0.15, 0.2) is 0 Å². The fourth-order valence-corrected chi connectivity index (χ4v) is 2.71. The zero-order valence-corrected chi connectivity index (χ0v) is 15.2. The summed E-state index contributed by atoms with van der Waals surface area (Å²) < 4.78 is 0.813. The molecule has 126 valence electrons. The molecule has 5 nitrogen and oxygen atoms in total. The molecule has 0 aliphatic heterocycles. The number of hydrogen-bond acceptors (Lipinski definition) is 4. The Morgan fingerprint density at radius 2 is 1.76 bits per heavy atom. The molecule has 2 aromatic carbocycles. The van der Waals surface area contributed by atoms with E-state index < -0.39 is 0 Å². The van der Waals surface area contributed by atoms with Crippen molar-refractivity contribution in [2.75, 3.05) is 10.6 Å². The molecule has 6 heteroatoms. The Bertz CT molecular complexity index is 870. The zero-order chi connectivity index (χ0) is 17.6. The second-order valence-corrected chi connectivity index (χ2v) is 6.33. The quantitative estimate of drug-likeness (QED) is 0.657. The van der Waals surface area contributed by atoms with Crippen LogP contribution in [-0.2, 0) is 0 Å². The number of carbonyl (C=O) groups excluding carboxylic acids is 1. The number of nitrogens with one attached hydrogen (secondary N) is 2. The summed E-state index contributed by atoms with van der Waals surface area (Å²) in [6.07, 6.45) is 1.57. The molecule has 0 saturated heterocycles. The van der Waals surface area contributed by atoms with Crippen LogP contribution in [0.2, 0.25) is 0 Å². The first-order valence-electron chi connectivity index (χ1n) is 7.84. The highest BCUT2D eigenvalue weighted by Crippen LogP contribution is 2.22. The third-order valence-corrected chi connectivity index (χ3v) is 4.35.